The lowest BCUT2D eigenvalue weighted by Crippen LogP contribution is -2.48. The minimum Gasteiger partial charge on any atom is -0.309 e. The summed E-state index contributed by atoms with van der Waals surface area (Å²) in [6, 6.07) is 0. The highest BCUT2D eigenvalue weighted by Gasteiger charge is 2.26. The van der Waals surface area contributed by atoms with Crippen molar-refractivity contribution in [2.45, 2.75) is 44.7 Å². The predicted octanol–water partition coefficient (Wildman–Crippen LogP) is 1.76. The molecule has 1 atom stereocenters. The average molecular weight is 238 g/mol. The Labute approximate surface area is 107 Å². The van der Waals surface area contributed by atoms with E-state index in [1.807, 2.05) is 0 Å². The maximum atomic E-state index is 4.77. The summed E-state index contributed by atoms with van der Waals surface area (Å²) in [5, 5.41) is 4.77. The van der Waals surface area contributed by atoms with E-state index in [0.717, 1.165) is 12.5 Å². The summed E-state index contributed by atoms with van der Waals surface area (Å²) in [7, 11) is 4.35. The minimum absolute atomic E-state index is 0.568. The van der Waals surface area contributed by atoms with Crippen LogP contribution in [0.5, 0.6) is 0 Å². The maximum absolute atomic E-state index is 4.77. The van der Waals surface area contributed by atoms with E-state index in [2.05, 4.69) is 23.9 Å². The first-order valence-electron chi connectivity index (χ1n) is 7.31. The summed E-state index contributed by atoms with van der Waals surface area (Å²) in [5.41, 5.74) is 0. The van der Waals surface area contributed by atoms with Gasteiger partial charge in [0.05, 0.1) is 6.17 Å². The van der Waals surface area contributed by atoms with E-state index in [-0.39, 0.29) is 0 Å². The molecular weight excluding hydrogens is 210 g/mol. The molecule has 2 aliphatic heterocycles. The first kappa shape index (κ1) is 13.3. The molecule has 3 nitrogen and oxygen atoms in total. The molecule has 0 aromatic heterocycles. The largest absolute Gasteiger partial charge is 0.309 e. The van der Waals surface area contributed by atoms with Gasteiger partial charge in [-0.1, -0.05) is 0 Å². The fourth-order valence-electron chi connectivity index (χ4n) is 3.05. The van der Waals surface area contributed by atoms with Crippen molar-refractivity contribution in [2.24, 2.45) is 5.92 Å². The molecule has 2 fully saturated rings. The van der Waals surface area contributed by atoms with Gasteiger partial charge in [-0.3, -0.25) is 4.90 Å². The predicted molar refractivity (Wildman–Crippen MR) is 72.1 cm³/mol. The van der Waals surface area contributed by atoms with Crippen molar-refractivity contribution in [3.05, 3.63) is 0 Å². The summed E-state index contributed by atoms with van der Waals surface area (Å²) < 4.78 is 0. The second kappa shape index (κ2) is 6.72. The van der Waals surface area contributed by atoms with Crippen LogP contribution in [0.2, 0.25) is 0 Å². The third-order valence-corrected chi connectivity index (χ3v) is 4.27. The molecule has 0 aliphatic carbocycles. The third kappa shape index (κ3) is 4.23. The van der Waals surface area contributed by atoms with E-state index in [9.17, 15) is 0 Å². The summed E-state index contributed by atoms with van der Waals surface area (Å²) in [6.45, 7) is 4.92. The number of rotatable bonds is 4. The van der Waals surface area contributed by atoms with E-state index in [4.69, 9.17) is 5.32 Å². The van der Waals surface area contributed by atoms with Crippen molar-refractivity contribution >= 4 is 0 Å². The SMILES string of the molecule is CN(C)CCC1CCN(C2CCCC[N]2)CC1. The molecule has 0 N–H and O–H groups in total. The number of hydrogen-bond donors (Lipinski definition) is 0. The molecule has 17 heavy (non-hydrogen) atoms. The zero-order chi connectivity index (χ0) is 12.1. The van der Waals surface area contributed by atoms with E-state index in [0.29, 0.717) is 6.17 Å². The topological polar surface area (TPSA) is 20.6 Å². The van der Waals surface area contributed by atoms with E-state index >= 15 is 0 Å². The number of hydrogen-bond acceptors (Lipinski definition) is 2. The fourth-order valence-corrected chi connectivity index (χ4v) is 3.05. The van der Waals surface area contributed by atoms with Crippen LogP contribution in [0.1, 0.15) is 38.5 Å². The van der Waals surface area contributed by atoms with Crippen LogP contribution in [-0.2, 0) is 0 Å². The quantitative estimate of drug-likeness (QED) is 0.744. The Hall–Kier alpha value is -0.120. The molecule has 2 heterocycles. The van der Waals surface area contributed by atoms with Crippen LogP contribution in [0.3, 0.4) is 0 Å². The van der Waals surface area contributed by atoms with Crippen molar-refractivity contribution < 1.29 is 0 Å². The van der Waals surface area contributed by atoms with Gasteiger partial charge < -0.3 is 4.90 Å². The molecule has 0 aromatic rings. The normalized spacial score (nSPS) is 28.8. The van der Waals surface area contributed by atoms with Crippen LogP contribution in [0.25, 0.3) is 0 Å². The summed E-state index contributed by atoms with van der Waals surface area (Å²) in [6.07, 6.45) is 8.73. The molecule has 0 saturated carbocycles. The molecule has 1 radical (unpaired) electrons. The Morgan fingerprint density at radius 1 is 1.12 bits per heavy atom. The summed E-state index contributed by atoms with van der Waals surface area (Å²) >= 11 is 0. The van der Waals surface area contributed by atoms with E-state index in [1.54, 1.807) is 0 Å². The number of nitrogens with zero attached hydrogens (tertiary/aromatic N) is 3. The van der Waals surface area contributed by atoms with Crippen LogP contribution in [-0.4, -0.2) is 56.2 Å². The van der Waals surface area contributed by atoms with Gasteiger partial charge >= 0.3 is 0 Å². The first-order valence-corrected chi connectivity index (χ1v) is 7.31. The van der Waals surface area contributed by atoms with Crippen LogP contribution in [0.15, 0.2) is 0 Å². The van der Waals surface area contributed by atoms with Gasteiger partial charge in [-0.15, -0.1) is 0 Å². The number of piperidine rings is 2. The van der Waals surface area contributed by atoms with Crippen LogP contribution < -0.4 is 5.32 Å². The monoisotopic (exact) mass is 238 g/mol. The maximum Gasteiger partial charge on any atom is 0.0760 e. The van der Waals surface area contributed by atoms with E-state index in [1.165, 1.54) is 58.2 Å². The van der Waals surface area contributed by atoms with Crippen LogP contribution in [0, 0.1) is 5.92 Å². The fraction of sp³-hybridized carbons (Fsp3) is 1.00. The molecule has 2 saturated heterocycles. The molecular formula is C14H28N3. The lowest BCUT2D eigenvalue weighted by Gasteiger charge is -2.39. The second-order valence-corrected chi connectivity index (χ2v) is 5.95. The van der Waals surface area contributed by atoms with Crippen molar-refractivity contribution in [3.63, 3.8) is 0 Å². The highest BCUT2D eigenvalue weighted by Crippen LogP contribution is 2.24. The van der Waals surface area contributed by atoms with Crippen LogP contribution in [0.4, 0.5) is 0 Å². The van der Waals surface area contributed by atoms with Gasteiger partial charge in [-0.2, -0.15) is 0 Å². The van der Waals surface area contributed by atoms with Crippen LogP contribution >= 0.6 is 0 Å². The molecule has 2 aliphatic rings. The second-order valence-electron chi connectivity index (χ2n) is 5.95. The lowest BCUT2D eigenvalue weighted by atomic mass is 9.92. The first-order chi connectivity index (χ1) is 8.25. The third-order valence-electron chi connectivity index (χ3n) is 4.27. The molecule has 1 unspecified atom stereocenters. The Balaban J connectivity index is 1.66. The molecule has 2 rings (SSSR count). The van der Waals surface area contributed by atoms with Crippen molar-refractivity contribution in [1.82, 2.24) is 15.1 Å². The van der Waals surface area contributed by atoms with Gasteiger partial charge in [0.15, 0.2) is 0 Å². The Bertz CT molecular complexity index is 204. The molecule has 0 aromatic carbocycles. The standard InChI is InChI=1S/C14H28N3/c1-16(2)10-6-13-7-11-17(12-8-13)14-5-3-4-9-15-14/h13-14H,3-12H2,1-2H3. The molecule has 0 spiro atoms. The molecule has 99 valence electrons. The molecule has 0 bridgehead atoms. The zero-order valence-corrected chi connectivity index (χ0v) is 11.6. The zero-order valence-electron chi connectivity index (χ0n) is 11.6. The highest BCUT2D eigenvalue weighted by molar-refractivity contribution is 4.79. The Kier molecular flexibility index (Phi) is 5.26. The number of likely N-dealkylation sites (tertiary alicyclic amines) is 1. The Morgan fingerprint density at radius 2 is 1.88 bits per heavy atom. The van der Waals surface area contributed by atoms with Gasteiger partial charge in [0.1, 0.15) is 0 Å². The van der Waals surface area contributed by atoms with Gasteiger partial charge in [0, 0.05) is 6.54 Å². The van der Waals surface area contributed by atoms with E-state index < -0.39 is 0 Å². The molecule has 3 heteroatoms. The highest BCUT2D eigenvalue weighted by atomic mass is 15.3. The van der Waals surface area contributed by atoms with Crippen molar-refractivity contribution in [1.29, 1.82) is 0 Å². The van der Waals surface area contributed by atoms with Gasteiger partial charge in [0.2, 0.25) is 0 Å². The van der Waals surface area contributed by atoms with Crippen molar-refractivity contribution in [2.75, 3.05) is 40.3 Å². The average Bonchev–Trinajstić information content (AvgIpc) is 2.38. The summed E-state index contributed by atoms with van der Waals surface area (Å²) in [5.74, 6) is 0.956. The Morgan fingerprint density at radius 3 is 2.47 bits per heavy atom. The van der Waals surface area contributed by atoms with Crippen molar-refractivity contribution in [3.8, 4) is 0 Å². The summed E-state index contributed by atoms with van der Waals surface area (Å²) in [4.78, 5) is 4.94. The lowest BCUT2D eigenvalue weighted by molar-refractivity contribution is 0.0863. The van der Waals surface area contributed by atoms with Gasteiger partial charge in [0.25, 0.3) is 0 Å². The molecule has 0 amide bonds. The van der Waals surface area contributed by atoms with Gasteiger partial charge in [-0.05, 0) is 78.2 Å². The smallest absolute Gasteiger partial charge is 0.0760 e. The van der Waals surface area contributed by atoms with Gasteiger partial charge in [-0.25, -0.2) is 5.32 Å². The minimum atomic E-state index is 0.568.